The van der Waals surface area contributed by atoms with Gasteiger partial charge in [0.05, 0.1) is 0 Å². The predicted molar refractivity (Wildman–Crippen MR) is 61.9 cm³/mol. The number of nitrogens with zero attached hydrogens (tertiary/aromatic N) is 1. The molecule has 76 valence electrons. The minimum Gasteiger partial charge on any atom is -0.302 e. The third-order valence-electron chi connectivity index (χ3n) is 2.75. The molecule has 0 N–H and O–H groups in total. The molecule has 2 radical (unpaired) electrons. The van der Waals surface area contributed by atoms with E-state index in [-0.39, 0.29) is 5.82 Å². The van der Waals surface area contributed by atoms with Crippen LogP contribution in [0, 0.1) is 5.82 Å². The second-order valence-electron chi connectivity index (χ2n) is 3.98. The zero-order chi connectivity index (χ0) is 10.8. The predicted octanol–water partition coefficient (Wildman–Crippen LogP) is 1.34. The van der Waals surface area contributed by atoms with Crippen LogP contribution < -0.4 is 5.46 Å². The fourth-order valence-corrected chi connectivity index (χ4v) is 1.81. The minimum absolute atomic E-state index is 0.217. The fraction of sp³-hybridized carbons (Fsp3) is 0.333. The second kappa shape index (κ2) is 4.19. The fourth-order valence-electron chi connectivity index (χ4n) is 1.81. The van der Waals surface area contributed by atoms with Crippen LogP contribution in [0.3, 0.4) is 0 Å². The van der Waals surface area contributed by atoms with E-state index in [9.17, 15) is 4.39 Å². The van der Waals surface area contributed by atoms with E-state index in [4.69, 9.17) is 7.85 Å². The van der Waals surface area contributed by atoms with Gasteiger partial charge in [-0.2, -0.15) is 0 Å². The van der Waals surface area contributed by atoms with Gasteiger partial charge in [0.25, 0.3) is 0 Å². The summed E-state index contributed by atoms with van der Waals surface area (Å²) in [5.41, 5.74) is 2.26. The number of likely N-dealkylation sites (N-methyl/N-ethyl adjacent to an activating group) is 1. The molecule has 15 heavy (non-hydrogen) atoms. The van der Waals surface area contributed by atoms with Gasteiger partial charge in [0.2, 0.25) is 0 Å². The standard InChI is InChI=1S/C12H13BFN/c1-15-6-4-9(5-7-15)11-3-2-10(13)8-12(11)14/h2-4,8H,5-7H2,1H3. The smallest absolute Gasteiger partial charge is 0.130 e. The van der Waals surface area contributed by atoms with Crippen LogP contribution in [0.1, 0.15) is 12.0 Å². The first-order chi connectivity index (χ1) is 7.16. The van der Waals surface area contributed by atoms with E-state index in [1.165, 1.54) is 6.07 Å². The summed E-state index contributed by atoms with van der Waals surface area (Å²) in [4.78, 5) is 2.21. The van der Waals surface area contributed by atoms with E-state index in [0.717, 1.165) is 25.1 Å². The third-order valence-corrected chi connectivity index (χ3v) is 2.75. The number of rotatable bonds is 1. The quantitative estimate of drug-likeness (QED) is 0.619. The lowest BCUT2D eigenvalue weighted by Gasteiger charge is -2.22. The highest BCUT2D eigenvalue weighted by Gasteiger charge is 2.12. The van der Waals surface area contributed by atoms with E-state index in [1.54, 1.807) is 12.1 Å². The lowest BCUT2D eigenvalue weighted by molar-refractivity contribution is 0.369. The Bertz CT molecular complexity index is 401. The molecule has 1 heterocycles. The summed E-state index contributed by atoms with van der Waals surface area (Å²) in [5.74, 6) is -0.217. The third kappa shape index (κ3) is 2.29. The SMILES string of the molecule is [B]c1ccc(C2=CCN(C)CC2)c(F)c1. The maximum Gasteiger partial charge on any atom is 0.130 e. The molecule has 1 aromatic carbocycles. The van der Waals surface area contributed by atoms with E-state index >= 15 is 0 Å². The molecular formula is C12H13BFN. The average Bonchev–Trinajstić information content (AvgIpc) is 2.20. The van der Waals surface area contributed by atoms with Gasteiger partial charge in [-0.25, -0.2) is 4.39 Å². The summed E-state index contributed by atoms with van der Waals surface area (Å²) in [6.07, 6.45) is 2.98. The van der Waals surface area contributed by atoms with Crippen LogP contribution in [0.5, 0.6) is 0 Å². The molecule has 0 atom stereocenters. The molecular weight excluding hydrogens is 188 g/mol. The Morgan fingerprint density at radius 1 is 1.40 bits per heavy atom. The van der Waals surface area contributed by atoms with Crippen molar-refractivity contribution in [1.82, 2.24) is 4.90 Å². The van der Waals surface area contributed by atoms with Crippen molar-refractivity contribution < 1.29 is 4.39 Å². The second-order valence-corrected chi connectivity index (χ2v) is 3.98. The zero-order valence-corrected chi connectivity index (χ0v) is 8.83. The van der Waals surface area contributed by atoms with Gasteiger partial charge < -0.3 is 4.90 Å². The van der Waals surface area contributed by atoms with Crippen molar-refractivity contribution in [3.8, 4) is 0 Å². The Labute approximate surface area is 91.0 Å². The molecule has 1 aliphatic rings. The van der Waals surface area contributed by atoms with Crippen molar-refractivity contribution >= 4 is 18.9 Å². The Morgan fingerprint density at radius 3 is 2.80 bits per heavy atom. The lowest BCUT2D eigenvalue weighted by atomic mass is 9.91. The molecule has 0 saturated heterocycles. The number of benzene rings is 1. The van der Waals surface area contributed by atoms with Crippen molar-refractivity contribution in [2.24, 2.45) is 0 Å². The minimum atomic E-state index is -0.217. The molecule has 2 rings (SSSR count). The van der Waals surface area contributed by atoms with Gasteiger partial charge in [0.15, 0.2) is 0 Å². The maximum absolute atomic E-state index is 13.6. The highest BCUT2D eigenvalue weighted by molar-refractivity contribution is 6.32. The zero-order valence-electron chi connectivity index (χ0n) is 8.83. The van der Waals surface area contributed by atoms with Gasteiger partial charge in [-0.1, -0.05) is 23.7 Å². The molecule has 1 aromatic rings. The first-order valence-corrected chi connectivity index (χ1v) is 5.10. The molecule has 0 fully saturated rings. The van der Waals surface area contributed by atoms with Crippen LogP contribution >= 0.6 is 0 Å². The molecule has 1 nitrogen and oxygen atoms in total. The highest BCUT2D eigenvalue weighted by Crippen LogP contribution is 2.23. The van der Waals surface area contributed by atoms with E-state index in [2.05, 4.69) is 18.0 Å². The highest BCUT2D eigenvalue weighted by atomic mass is 19.1. The molecule has 0 aliphatic carbocycles. The van der Waals surface area contributed by atoms with Crippen molar-refractivity contribution in [3.05, 3.63) is 35.7 Å². The van der Waals surface area contributed by atoms with Gasteiger partial charge in [0, 0.05) is 18.7 Å². The van der Waals surface area contributed by atoms with Gasteiger partial charge >= 0.3 is 0 Å². The molecule has 0 aromatic heterocycles. The summed E-state index contributed by atoms with van der Waals surface area (Å²) in [7, 11) is 7.57. The van der Waals surface area contributed by atoms with Gasteiger partial charge in [-0.05, 0) is 25.1 Å². The van der Waals surface area contributed by atoms with Crippen molar-refractivity contribution in [1.29, 1.82) is 0 Å². The Balaban J connectivity index is 2.30. The molecule has 3 heteroatoms. The Morgan fingerprint density at radius 2 is 2.20 bits per heavy atom. The van der Waals surface area contributed by atoms with E-state index < -0.39 is 0 Å². The van der Waals surface area contributed by atoms with Gasteiger partial charge in [-0.15, -0.1) is 0 Å². The van der Waals surface area contributed by atoms with E-state index in [1.807, 2.05) is 0 Å². The van der Waals surface area contributed by atoms with Crippen molar-refractivity contribution in [3.63, 3.8) is 0 Å². The molecule has 1 aliphatic heterocycles. The lowest BCUT2D eigenvalue weighted by Crippen LogP contribution is -2.24. The number of hydrogen-bond donors (Lipinski definition) is 0. The van der Waals surface area contributed by atoms with E-state index in [0.29, 0.717) is 11.0 Å². The van der Waals surface area contributed by atoms with Crippen LogP contribution in [0.15, 0.2) is 24.3 Å². The first kappa shape index (κ1) is 10.4. The van der Waals surface area contributed by atoms with Crippen LogP contribution in [0.25, 0.3) is 5.57 Å². The molecule has 0 amide bonds. The van der Waals surface area contributed by atoms with Crippen molar-refractivity contribution in [2.75, 3.05) is 20.1 Å². The topological polar surface area (TPSA) is 3.24 Å². The molecule has 0 bridgehead atoms. The van der Waals surface area contributed by atoms with Crippen molar-refractivity contribution in [2.45, 2.75) is 6.42 Å². The van der Waals surface area contributed by atoms with Crippen LogP contribution in [-0.2, 0) is 0 Å². The normalized spacial score (nSPS) is 17.6. The monoisotopic (exact) mass is 201 g/mol. The number of hydrogen-bond acceptors (Lipinski definition) is 1. The van der Waals surface area contributed by atoms with Crippen LogP contribution in [-0.4, -0.2) is 32.9 Å². The van der Waals surface area contributed by atoms with Crippen LogP contribution in [0.4, 0.5) is 4.39 Å². The molecule has 0 spiro atoms. The Hall–Kier alpha value is -1.09. The largest absolute Gasteiger partial charge is 0.302 e. The summed E-state index contributed by atoms with van der Waals surface area (Å²) in [5, 5.41) is 0. The van der Waals surface area contributed by atoms with Gasteiger partial charge in [0.1, 0.15) is 13.7 Å². The summed E-state index contributed by atoms with van der Waals surface area (Å²) < 4.78 is 13.6. The first-order valence-electron chi connectivity index (χ1n) is 5.10. The summed E-state index contributed by atoms with van der Waals surface area (Å²) in [6, 6.07) is 4.90. The average molecular weight is 201 g/mol. The maximum atomic E-state index is 13.6. The van der Waals surface area contributed by atoms with Gasteiger partial charge in [-0.3, -0.25) is 0 Å². The molecule has 0 unspecified atom stereocenters. The summed E-state index contributed by atoms with van der Waals surface area (Å²) in [6.45, 7) is 1.87. The number of halogens is 1. The summed E-state index contributed by atoms with van der Waals surface area (Å²) >= 11 is 0. The Kier molecular flexibility index (Phi) is 2.92. The van der Waals surface area contributed by atoms with Crippen LogP contribution in [0.2, 0.25) is 0 Å². The molecule has 0 saturated carbocycles.